The maximum atomic E-state index is 12.4. The monoisotopic (exact) mass is 362 g/mol. The molecule has 0 aliphatic rings. The molecule has 0 aliphatic heterocycles. The summed E-state index contributed by atoms with van der Waals surface area (Å²) in [7, 11) is 0. The van der Waals surface area contributed by atoms with Crippen molar-refractivity contribution in [1.29, 1.82) is 0 Å². The number of nitrogens with two attached hydrogens (primary N) is 1. The van der Waals surface area contributed by atoms with Gasteiger partial charge in [0.2, 0.25) is 0 Å². The second-order valence-electron chi connectivity index (χ2n) is 4.49. The fraction of sp³-hybridized carbons (Fsp3) is 0.0714. The molecule has 0 fully saturated rings. The second kappa shape index (κ2) is 5.42. The third-order valence-corrected chi connectivity index (χ3v) is 5.22. The van der Waals surface area contributed by atoms with Gasteiger partial charge in [-0.15, -0.1) is 16.4 Å². The lowest BCUT2D eigenvalue weighted by Crippen LogP contribution is -2.12. The van der Waals surface area contributed by atoms with Crippen molar-refractivity contribution in [1.82, 2.24) is 10.2 Å². The van der Waals surface area contributed by atoms with Crippen molar-refractivity contribution in [2.24, 2.45) is 0 Å². The van der Waals surface area contributed by atoms with Gasteiger partial charge in [0.1, 0.15) is 9.71 Å². The van der Waals surface area contributed by atoms with E-state index in [4.69, 9.17) is 5.73 Å². The predicted molar refractivity (Wildman–Crippen MR) is 88.7 cm³/mol. The molecular formula is C14H11BrN4OS. The highest BCUT2D eigenvalue weighted by Crippen LogP contribution is 2.33. The van der Waals surface area contributed by atoms with E-state index in [9.17, 15) is 4.79 Å². The summed E-state index contributed by atoms with van der Waals surface area (Å²) in [4.78, 5) is 13.5. The van der Waals surface area contributed by atoms with Crippen LogP contribution in [0.1, 0.15) is 15.2 Å². The van der Waals surface area contributed by atoms with Crippen LogP contribution in [0, 0.1) is 6.92 Å². The molecule has 1 aromatic carbocycles. The second-order valence-corrected chi connectivity index (χ2v) is 6.28. The van der Waals surface area contributed by atoms with Gasteiger partial charge in [-0.05, 0) is 40.5 Å². The Morgan fingerprint density at radius 2 is 2.19 bits per heavy atom. The number of hydrogen-bond donors (Lipinski definition) is 2. The first kappa shape index (κ1) is 14.0. The number of fused-ring (bicyclic) bond motifs is 1. The van der Waals surface area contributed by atoms with Crippen LogP contribution >= 0.6 is 27.3 Å². The number of thiophene rings is 1. The van der Waals surface area contributed by atoms with Crippen LogP contribution in [-0.2, 0) is 0 Å². The van der Waals surface area contributed by atoms with Crippen LogP contribution < -0.4 is 11.1 Å². The third kappa shape index (κ3) is 2.50. The lowest BCUT2D eigenvalue weighted by molar-refractivity contribution is 0.103. The lowest BCUT2D eigenvalue weighted by Gasteiger charge is -2.08. The summed E-state index contributed by atoms with van der Waals surface area (Å²) in [6.07, 6.45) is 1.56. The largest absolute Gasteiger partial charge is 0.397 e. The van der Waals surface area contributed by atoms with Gasteiger partial charge in [-0.2, -0.15) is 5.10 Å². The smallest absolute Gasteiger partial charge is 0.267 e. The molecule has 0 atom stereocenters. The molecule has 0 spiro atoms. The van der Waals surface area contributed by atoms with Gasteiger partial charge in [0.15, 0.2) is 0 Å². The zero-order chi connectivity index (χ0) is 15.0. The number of rotatable bonds is 2. The molecule has 7 heteroatoms. The number of nitrogen functional groups attached to an aromatic ring is 1. The van der Waals surface area contributed by atoms with Crippen molar-refractivity contribution < 1.29 is 4.79 Å². The van der Waals surface area contributed by atoms with Gasteiger partial charge in [0.05, 0.1) is 17.6 Å². The Kier molecular flexibility index (Phi) is 3.60. The summed E-state index contributed by atoms with van der Waals surface area (Å²) >= 11 is 4.70. The van der Waals surface area contributed by atoms with E-state index in [1.165, 1.54) is 11.3 Å². The van der Waals surface area contributed by atoms with E-state index in [0.29, 0.717) is 21.1 Å². The average molecular weight is 363 g/mol. The maximum absolute atomic E-state index is 12.4. The number of amides is 1. The number of benzene rings is 1. The number of carbonyl (C=O) groups is 1. The van der Waals surface area contributed by atoms with Gasteiger partial charge in [-0.3, -0.25) is 4.79 Å². The van der Waals surface area contributed by atoms with Crippen molar-refractivity contribution in [2.75, 3.05) is 11.1 Å². The fourth-order valence-corrected chi connectivity index (χ4v) is 3.26. The third-order valence-electron chi connectivity index (χ3n) is 3.07. The number of aryl methyl sites for hydroxylation is 1. The van der Waals surface area contributed by atoms with Crippen LogP contribution in [0.25, 0.3) is 10.2 Å². The summed E-state index contributed by atoms with van der Waals surface area (Å²) in [6, 6.07) is 7.43. The lowest BCUT2D eigenvalue weighted by atomic mass is 10.2. The van der Waals surface area contributed by atoms with E-state index in [0.717, 1.165) is 15.4 Å². The van der Waals surface area contributed by atoms with E-state index < -0.39 is 0 Å². The van der Waals surface area contributed by atoms with Gasteiger partial charge < -0.3 is 11.1 Å². The summed E-state index contributed by atoms with van der Waals surface area (Å²) in [5.41, 5.74) is 8.22. The van der Waals surface area contributed by atoms with Gasteiger partial charge in [-0.1, -0.05) is 12.1 Å². The minimum absolute atomic E-state index is 0.248. The first-order valence-corrected chi connectivity index (χ1v) is 7.75. The molecule has 3 N–H and O–H groups in total. The van der Waals surface area contributed by atoms with E-state index in [1.807, 2.05) is 25.1 Å². The highest BCUT2D eigenvalue weighted by molar-refractivity contribution is 9.10. The molecule has 0 bridgehead atoms. The van der Waals surface area contributed by atoms with E-state index in [1.54, 1.807) is 12.3 Å². The summed E-state index contributed by atoms with van der Waals surface area (Å²) < 4.78 is 0.859. The Bertz CT molecular complexity index is 846. The Labute approximate surface area is 133 Å². The van der Waals surface area contributed by atoms with E-state index in [2.05, 4.69) is 31.4 Å². The zero-order valence-corrected chi connectivity index (χ0v) is 13.5. The quantitative estimate of drug-likeness (QED) is 0.729. The number of nitrogens with one attached hydrogen (secondary N) is 1. The van der Waals surface area contributed by atoms with Crippen molar-refractivity contribution in [2.45, 2.75) is 6.92 Å². The van der Waals surface area contributed by atoms with Crippen molar-refractivity contribution in [3.8, 4) is 0 Å². The Morgan fingerprint density at radius 3 is 2.95 bits per heavy atom. The molecule has 0 unspecified atom stereocenters. The van der Waals surface area contributed by atoms with Crippen LogP contribution in [-0.4, -0.2) is 16.1 Å². The molecule has 0 radical (unpaired) electrons. The minimum Gasteiger partial charge on any atom is -0.397 e. The van der Waals surface area contributed by atoms with Crippen LogP contribution in [0.2, 0.25) is 0 Å². The average Bonchev–Trinajstić information content (AvgIpc) is 2.82. The molecule has 21 heavy (non-hydrogen) atoms. The normalized spacial score (nSPS) is 10.8. The first-order chi connectivity index (χ1) is 10.1. The Hall–Kier alpha value is -1.99. The Morgan fingerprint density at radius 1 is 1.38 bits per heavy atom. The van der Waals surface area contributed by atoms with Crippen molar-refractivity contribution >= 4 is 54.8 Å². The van der Waals surface area contributed by atoms with Crippen molar-refractivity contribution in [3.63, 3.8) is 0 Å². The molecule has 0 aliphatic carbocycles. The van der Waals surface area contributed by atoms with Crippen LogP contribution in [0.3, 0.4) is 0 Å². The molecule has 106 valence electrons. The molecule has 2 aromatic heterocycles. The molecule has 5 nitrogen and oxygen atoms in total. The number of nitrogens with zero attached hydrogens (tertiary/aromatic N) is 2. The van der Waals surface area contributed by atoms with Gasteiger partial charge in [0.25, 0.3) is 5.91 Å². The summed E-state index contributed by atoms with van der Waals surface area (Å²) in [5, 5.41) is 11.4. The molecule has 0 saturated carbocycles. The molecule has 2 heterocycles. The van der Waals surface area contributed by atoms with Gasteiger partial charge in [0, 0.05) is 9.86 Å². The topological polar surface area (TPSA) is 80.9 Å². The first-order valence-electron chi connectivity index (χ1n) is 6.14. The van der Waals surface area contributed by atoms with Gasteiger partial charge >= 0.3 is 0 Å². The highest BCUT2D eigenvalue weighted by Gasteiger charge is 2.18. The number of carbonyl (C=O) groups excluding carboxylic acids is 1. The molecular weight excluding hydrogens is 352 g/mol. The van der Waals surface area contributed by atoms with E-state index in [-0.39, 0.29) is 5.91 Å². The van der Waals surface area contributed by atoms with Crippen LogP contribution in [0.5, 0.6) is 0 Å². The number of aromatic nitrogens is 2. The zero-order valence-electron chi connectivity index (χ0n) is 11.1. The fourth-order valence-electron chi connectivity index (χ4n) is 1.96. The molecule has 3 aromatic rings. The van der Waals surface area contributed by atoms with Crippen LogP contribution in [0.15, 0.2) is 34.9 Å². The molecule has 1 amide bonds. The minimum atomic E-state index is -0.248. The molecule has 0 saturated heterocycles. The van der Waals surface area contributed by atoms with Crippen molar-refractivity contribution in [3.05, 3.63) is 45.4 Å². The molecule has 3 rings (SSSR count). The van der Waals surface area contributed by atoms with Gasteiger partial charge in [-0.25, -0.2) is 0 Å². The Balaban J connectivity index is 1.97. The standard InChI is InChI=1S/C14H11BrN4OS/c1-7-3-2-4-9(10(7)15)18-13(20)12-11(16)8-5-6-17-19-14(8)21-12/h2-6H,16H2,1H3,(H,18,20). The predicted octanol–water partition coefficient (Wildman–Crippen LogP) is 3.60. The van der Waals surface area contributed by atoms with Crippen LogP contribution in [0.4, 0.5) is 11.4 Å². The van der Waals surface area contributed by atoms with E-state index >= 15 is 0 Å². The SMILES string of the molecule is Cc1cccc(NC(=O)c2sc3nnccc3c2N)c1Br. The number of halogens is 1. The summed E-state index contributed by atoms with van der Waals surface area (Å²) in [5.74, 6) is -0.248. The maximum Gasteiger partial charge on any atom is 0.267 e. The highest BCUT2D eigenvalue weighted by atomic mass is 79.9. The summed E-state index contributed by atoms with van der Waals surface area (Å²) in [6.45, 7) is 1.96. The number of anilines is 2. The number of hydrogen-bond acceptors (Lipinski definition) is 5.